The molecule has 40 heavy (non-hydrogen) atoms. The van der Waals surface area contributed by atoms with Crippen molar-refractivity contribution in [1.82, 2.24) is 9.55 Å². The van der Waals surface area contributed by atoms with Gasteiger partial charge in [-0.1, -0.05) is 109 Å². The van der Waals surface area contributed by atoms with Gasteiger partial charge in [0.2, 0.25) is 0 Å². The Morgan fingerprint density at radius 2 is 1.12 bits per heavy atom. The first-order valence-electron chi connectivity index (χ1n) is 17.1. The van der Waals surface area contributed by atoms with E-state index in [1.807, 2.05) is 102 Å². The Labute approximate surface area is 244 Å². The van der Waals surface area contributed by atoms with E-state index in [9.17, 15) is 2.74 Å². The lowest BCUT2D eigenvalue weighted by atomic mass is 9.85. The van der Waals surface area contributed by atoms with Crippen LogP contribution in [0.15, 0.2) is 139 Å². The summed E-state index contributed by atoms with van der Waals surface area (Å²) >= 11 is 0. The Hall–Kier alpha value is -5.21. The van der Waals surface area contributed by atoms with Crippen LogP contribution in [0.3, 0.4) is 0 Å². The maximum Gasteiger partial charge on any atom is 0.111 e. The molecule has 1 heterocycles. The molecule has 8 rings (SSSR count). The zero-order valence-electron chi connectivity index (χ0n) is 29.6. The van der Waals surface area contributed by atoms with Gasteiger partial charge in [-0.25, -0.2) is 4.98 Å². The molecule has 0 aliphatic rings. The summed E-state index contributed by atoms with van der Waals surface area (Å²) in [5, 5.41) is 2.64. The van der Waals surface area contributed by atoms with Crippen LogP contribution in [0.5, 0.6) is 0 Å². The van der Waals surface area contributed by atoms with Crippen molar-refractivity contribution in [3.05, 3.63) is 145 Å². The van der Waals surface area contributed by atoms with Crippen molar-refractivity contribution in [3.8, 4) is 27.9 Å². The van der Waals surface area contributed by atoms with Crippen LogP contribution >= 0.6 is 0 Å². The van der Waals surface area contributed by atoms with Crippen molar-refractivity contribution >= 4 is 43.4 Å². The highest BCUT2D eigenvalue weighted by molar-refractivity contribution is 6.21. The molecule has 0 spiro atoms. The number of fused-ring (bicyclic) bond motifs is 4. The second kappa shape index (κ2) is 8.93. The Balaban J connectivity index is 1.54. The number of aromatic nitrogens is 2. The zero-order chi connectivity index (χ0) is 33.6. The summed E-state index contributed by atoms with van der Waals surface area (Å²) in [5.74, 6) is 0.794. The van der Waals surface area contributed by atoms with Crippen LogP contribution in [-0.4, -0.2) is 9.55 Å². The number of hydrogen-bond acceptors (Lipinski definition) is 1. The molecule has 0 bridgehead atoms. The molecule has 7 aromatic carbocycles. The van der Waals surface area contributed by atoms with Crippen molar-refractivity contribution in [1.29, 1.82) is 0 Å². The van der Waals surface area contributed by atoms with E-state index in [1.165, 1.54) is 0 Å². The predicted molar refractivity (Wildman–Crippen MR) is 169 cm³/mol. The molecule has 0 saturated carbocycles. The van der Waals surface area contributed by atoms with Gasteiger partial charge in [0.25, 0.3) is 0 Å². The fourth-order valence-electron chi connectivity index (χ4n) is 5.80. The first-order chi connectivity index (χ1) is 23.1. The predicted octanol–water partition coefficient (Wildman–Crippen LogP) is 10.1. The quantitative estimate of drug-likeness (QED) is 0.213. The van der Waals surface area contributed by atoms with Gasteiger partial charge in [-0.2, -0.15) is 0 Å². The van der Waals surface area contributed by atoms with Gasteiger partial charge < -0.3 is 0 Å². The maximum atomic E-state index is 9.18. The average molecular weight is 519 g/mol. The topological polar surface area (TPSA) is 17.8 Å². The van der Waals surface area contributed by atoms with Crippen molar-refractivity contribution in [2.24, 2.45) is 0 Å². The van der Waals surface area contributed by atoms with E-state index in [0.29, 0.717) is 22.3 Å². The number of imidazole rings is 1. The average Bonchev–Trinajstić information content (AvgIpc) is 3.45. The number of nitrogens with zero attached hydrogens (tertiary/aromatic N) is 2. The van der Waals surface area contributed by atoms with Gasteiger partial charge in [-0.15, -0.1) is 0 Å². The zero-order valence-corrected chi connectivity index (χ0v) is 21.6. The normalized spacial score (nSPS) is 14.4. The monoisotopic (exact) mass is 518 g/mol. The minimum atomic E-state index is -0.421. The molecule has 0 atom stereocenters. The fourth-order valence-corrected chi connectivity index (χ4v) is 5.80. The van der Waals surface area contributed by atoms with Gasteiger partial charge >= 0.3 is 0 Å². The van der Waals surface area contributed by atoms with Gasteiger partial charge in [-0.05, 0) is 91.8 Å². The minimum absolute atomic E-state index is 0.193. The molecule has 0 unspecified atom stereocenters. The standard InChI is InChI=1S/C38H26N2/c1-25-39-35-16-8-9-17-36(35)40(25)30-22-20-27(21-23-30)37-31-12-4-6-14-33(31)38(34-15-7-5-13-32(34)37)29-19-18-26-10-2-3-11-28(26)24-29/h2-24H,1H3/i4D,5D,6D,7D,12D,13D,14D,15D. The second-order valence-electron chi connectivity index (χ2n) is 9.84. The van der Waals surface area contributed by atoms with Crippen molar-refractivity contribution < 1.29 is 11.0 Å². The van der Waals surface area contributed by atoms with Crippen LogP contribution in [0.25, 0.3) is 71.3 Å². The van der Waals surface area contributed by atoms with Crippen LogP contribution in [0.1, 0.15) is 16.8 Å². The van der Waals surface area contributed by atoms with Crippen molar-refractivity contribution in [2.45, 2.75) is 6.92 Å². The van der Waals surface area contributed by atoms with Gasteiger partial charge in [0.15, 0.2) is 0 Å². The van der Waals surface area contributed by atoms with Crippen LogP contribution in [0.2, 0.25) is 0 Å². The molecule has 2 nitrogen and oxygen atoms in total. The molecule has 0 saturated heterocycles. The molecular weight excluding hydrogens is 484 g/mol. The second-order valence-corrected chi connectivity index (χ2v) is 9.84. The highest BCUT2D eigenvalue weighted by atomic mass is 15.1. The van der Waals surface area contributed by atoms with Crippen LogP contribution in [-0.2, 0) is 0 Å². The first kappa shape index (κ1) is 16.0. The summed E-state index contributed by atoms with van der Waals surface area (Å²) in [4.78, 5) is 4.68. The van der Waals surface area contributed by atoms with E-state index >= 15 is 0 Å². The SMILES string of the molecule is [2H]c1c([2H])c([2H])c2c(-c3ccc4ccccc4c3)c3c([2H])c([2H])c([2H])c([2H])c3c(-c3ccc(-n4c(C)nc5ccccc54)cc3)c2c1[2H]. The van der Waals surface area contributed by atoms with E-state index in [1.54, 1.807) is 0 Å². The molecule has 0 fully saturated rings. The number of benzene rings is 7. The summed E-state index contributed by atoms with van der Waals surface area (Å²) in [6.07, 6.45) is 0. The lowest BCUT2D eigenvalue weighted by Crippen LogP contribution is -1.97. The van der Waals surface area contributed by atoms with Crippen LogP contribution < -0.4 is 0 Å². The molecule has 0 N–H and O–H groups in total. The first-order valence-corrected chi connectivity index (χ1v) is 13.1. The highest BCUT2D eigenvalue weighted by Gasteiger charge is 2.17. The summed E-state index contributed by atoms with van der Waals surface area (Å²) in [7, 11) is 0. The maximum absolute atomic E-state index is 9.18. The molecule has 188 valence electrons. The summed E-state index contributed by atoms with van der Waals surface area (Å²) in [5.41, 5.74) is 4.41. The Bertz CT molecular complexity index is 2580. The molecule has 2 heteroatoms. The van der Waals surface area contributed by atoms with Crippen molar-refractivity contribution in [2.75, 3.05) is 0 Å². The Morgan fingerprint density at radius 1 is 0.575 bits per heavy atom. The Kier molecular flexibility index (Phi) is 3.58. The van der Waals surface area contributed by atoms with E-state index in [2.05, 4.69) is 4.98 Å². The third kappa shape index (κ3) is 3.47. The van der Waals surface area contributed by atoms with Gasteiger partial charge in [0, 0.05) is 5.69 Å². The van der Waals surface area contributed by atoms with Crippen molar-refractivity contribution in [3.63, 3.8) is 0 Å². The third-order valence-electron chi connectivity index (χ3n) is 7.56. The minimum Gasteiger partial charge on any atom is -0.297 e. The fraction of sp³-hybridized carbons (Fsp3) is 0.0263. The third-order valence-corrected chi connectivity index (χ3v) is 7.56. The van der Waals surface area contributed by atoms with E-state index in [0.717, 1.165) is 33.3 Å². The molecule has 1 aromatic heterocycles. The molecule has 0 aliphatic heterocycles. The molecule has 0 amide bonds. The number of aryl methyl sites for hydroxylation is 1. The number of para-hydroxylation sites is 2. The molecule has 8 aromatic rings. The summed E-state index contributed by atoms with van der Waals surface area (Å²) < 4.78 is 73.4. The van der Waals surface area contributed by atoms with Gasteiger partial charge in [-0.3, -0.25) is 4.57 Å². The lowest BCUT2D eigenvalue weighted by Gasteiger charge is -2.18. The lowest BCUT2D eigenvalue weighted by molar-refractivity contribution is 1.00. The largest absolute Gasteiger partial charge is 0.297 e. The van der Waals surface area contributed by atoms with Gasteiger partial charge in [0.1, 0.15) is 5.82 Å². The van der Waals surface area contributed by atoms with Crippen LogP contribution in [0, 0.1) is 6.92 Å². The molecule has 0 aliphatic carbocycles. The van der Waals surface area contributed by atoms with E-state index in [4.69, 9.17) is 8.22 Å². The number of rotatable bonds is 3. The molecule has 0 radical (unpaired) electrons. The van der Waals surface area contributed by atoms with Crippen LogP contribution in [0.4, 0.5) is 0 Å². The summed E-state index contributed by atoms with van der Waals surface area (Å²) in [6.45, 7) is 1.92. The highest BCUT2D eigenvalue weighted by Crippen LogP contribution is 2.44. The van der Waals surface area contributed by atoms with Gasteiger partial charge in [0.05, 0.1) is 22.0 Å². The smallest absolute Gasteiger partial charge is 0.111 e. The summed E-state index contributed by atoms with van der Waals surface area (Å²) in [6, 6.07) is 25.9. The molecular formula is C38H26N2. The van der Waals surface area contributed by atoms with E-state index in [-0.39, 0.29) is 45.7 Å². The van der Waals surface area contributed by atoms with E-state index < -0.39 is 24.2 Å². The number of hydrogen-bond donors (Lipinski definition) is 0. The Morgan fingerprint density at radius 3 is 1.80 bits per heavy atom.